The third kappa shape index (κ3) is 4.74. The van der Waals surface area contributed by atoms with Crippen LogP contribution in [0.25, 0.3) is 6.08 Å². The van der Waals surface area contributed by atoms with E-state index in [4.69, 9.17) is 0 Å². The lowest BCUT2D eigenvalue weighted by atomic mass is 10.2. The highest BCUT2D eigenvalue weighted by Gasteiger charge is 2.33. The van der Waals surface area contributed by atoms with Crippen molar-refractivity contribution in [2.45, 2.75) is 19.5 Å². The summed E-state index contributed by atoms with van der Waals surface area (Å²) in [6.07, 6.45) is 3.39. The summed E-state index contributed by atoms with van der Waals surface area (Å²) in [6.45, 7) is 2.52. The number of nitrogens with one attached hydrogen (secondary N) is 1. The van der Waals surface area contributed by atoms with E-state index in [0.717, 1.165) is 10.4 Å². The van der Waals surface area contributed by atoms with Gasteiger partial charge in [0.1, 0.15) is 6.04 Å². The van der Waals surface area contributed by atoms with Gasteiger partial charge in [-0.1, -0.05) is 30.3 Å². The van der Waals surface area contributed by atoms with Crippen molar-refractivity contribution in [3.05, 3.63) is 63.9 Å². The number of hydrogen-bond acceptors (Lipinski definition) is 4. The number of benzene rings is 1. The first-order valence-corrected chi connectivity index (χ1v) is 10.0. The van der Waals surface area contributed by atoms with Gasteiger partial charge in [0, 0.05) is 28.1 Å². The Morgan fingerprint density at radius 1 is 1.24 bits per heavy atom. The van der Waals surface area contributed by atoms with E-state index in [2.05, 4.69) is 5.32 Å². The summed E-state index contributed by atoms with van der Waals surface area (Å²) in [5.41, 5.74) is 1.05. The predicted octanol–water partition coefficient (Wildman–Crippen LogP) is 3.29. The molecule has 1 saturated heterocycles. The van der Waals surface area contributed by atoms with Gasteiger partial charge in [0.05, 0.1) is 5.88 Å². The lowest BCUT2D eigenvalue weighted by Gasteiger charge is -2.21. The van der Waals surface area contributed by atoms with Crippen LogP contribution in [0.4, 0.5) is 0 Å². The third-order valence-corrected chi connectivity index (χ3v) is 5.91. The molecular formula is C19H20N2O2S2. The fourth-order valence-electron chi connectivity index (χ4n) is 2.57. The number of hydrogen-bond donors (Lipinski definition) is 1. The van der Waals surface area contributed by atoms with Crippen LogP contribution in [-0.2, 0) is 16.1 Å². The van der Waals surface area contributed by atoms with Crippen LogP contribution in [0.3, 0.4) is 0 Å². The molecule has 0 unspecified atom stereocenters. The minimum Gasteiger partial charge on any atom is -0.350 e. The van der Waals surface area contributed by atoms with E-state index >= 15 is 0 Å². The normalized spacial score (nSPS) is 17.2. The number of thiophene rings is 1. The summed E-state index contributed by atoms with van der Waals surface area (Å²) in [7, 11) is 0. The summed E-state index contributed by atoms with van der Waals surface area (Å²) in [5, 5.41) is 2.93. The third-order valence-electron chi connectivity index (χ3n) is 3.93. The Labute approximate surface area is 155 Å². The molecule has 4 nitrogen and oxygen atoms in total. The minimum atomic E-state index is -0.407. The molecule has 0 saturated carbocycles. The van der Waals surface area contributed by atoms with Crippen LogP contribution in [0.2, 0.25) is 0 Å². The van der Waals surface area contributed by atoms with Gasteiger partial charge in [0.25, 0.3) is 0 Å². The van der Waals surface area contributed by atoms with Gasteiger partial charge < -0.3 is 10.2 Å². The molecular weight excluding hydrogens is 352 g/mol. The molecule has 0 spiro atoms. The topological polar surface area (TPSA) is 49.4 Å². The van der Waals surface area contributed by atoms with E-state index in [0.29, 0.717) is 18.2 Å². The molecule has 25 heavy (non-hydrogen) atoms. The molecule has 130 valence electrons. The highest BCUT2D eigenvalue weighted by atomic mass is 32.2. The van der Waals surface area contributed by atoms with Crippen LogP contribution in [0, 0.1) is 6.92 Å². The second kappa shape index (κ2) is 8.36. The lowest BCUT2D eigenvalue weighted by molar-refractivity contribution is -0.134. The van der Waals surface area contributed by atoms with E-state index in [1.54, 1.807) is 34.1 Å². The predicted molar refractivity (Wildman–Crippen MR) is 104 cm³/mol. The molecule has 1 fully saturated rings. The maximum absolute atomic E-state index is 12.5. The van der Waals surface area contributed by atoms with Crippen molar-refractivity contribution in [2.75, 3.05) is 11.6 Å². The standard InChI is InChI=1S/C19H20N2O2S2/c1-14-7-8-16(25-14)9-10-18(22)21-13-24-12-17(21)19(23)20-11-15-5-3-2-4-6-15/h2-10,17H,11-13H2,1H3,(H,20,23)/b10-9+/t17-/m0/s1. The molecule has 2 heterocycles. The van der Waals surface area contributed by atoms with Gasteiger partial charge in [-0.25, -0.2) is 0 Å². The van der Waals surface area contributed by atoms with Gasteiger partial charge in [-0.05, 0) is 30.7 Å². The number of carbonyl (C=O) groups excluding carboxylic acids is 2. The van der Waals surface area contributed by atoms with Gasteiger partial charge in [-0.15, -0.1) is 23.1 Å². The molecule has 1 aromatic carbocycles. The average Bonchev–Trinajstić information content (AvgIpc) is 3.27. The van der Waals surface area contributed by atoms with Gasteiger partial charge in [-0.2, -0.15) is 0 Å². The molecule has 3 rings (SSSR count). The molecule has 0 bridgehead atoms. The number of nitrogens with zero attached hydrogens (tertiary/aromatic N) is 1. The summed E-state index contributed by atoms with van der Waals surface area (Å²) in [4.78, 5) is 28.8. The van der Waals surface area contributed by atoms with Crippen LogP contribution < -0.4 is 5.32 Å². The van der Waals surface area contributed by atoms with Gasteiger partial charge in [0.15, 0.2) is 0 Å². The molecule has 1 aromatic heterocycles. The molecule has 2 aromatic rings. The molecule has 0 aliphatic carbocycles. The SMILES string of the molecule is Cc1ccc(/C=C/C(=O)N2CSC[C@H]2C(=O)NCc2ccccc2)s1. The van der Waals surface area contributed by atoms with E-state index in [9.17, 15) is 9.59 Å². The van der Waals surface area contributed by atoms with Crippen molar-refractivity contribution < 1.29 is 9.59 Å². The first-order chi connectivity index (χ1) is 12.1. The molecule has 1 atom stereocenters. The van der Waals surface area contributed by atoms with Gasteiger partial charge in [-0.3, -0.25) is 9.59 Å². The fourth-order valence-corrected chi connectivity index (χ4v) is 4.52. The van der Waals surface area contributed by atoms with Crippen LogP contribution in [0.5, 0.6) is 0 Å². The van der Waals surface area contributed by atoms with Gasteiger partial charge in [0.2, 0.25) is 11.8 Å². The smallest absolute Gasteiger partial charge is 0.247 e. The fraction of sp³-hybridized carbons (Fsp3) is 0.263. The van der Waals surface area contributed by atoms with E-state index in [1.807, 2.05) is 55.5 Å². The number of amides is 2. The zero-order valence-corrected chi connectivity index (χ0v) is 15.6. The number of thioether (sulfide) groups is 1. The summed E-state index contributed by atoms with van der Waals surface area (Å²) in [5.74, 6) is 0.979. The summed E-state index contributed by atoms with van der Waals surface area (Å²) in [6, 6.07) is 13.4. The highest BCUT2D eigenvalue weighted by molar-refractivity contribution is 7.99. The molecule has 2 amide bonds. The van der Waals surface area contributed by atoms with Crippen LogP contribution >= 0.6 is 23.1 Å². The zero-order chi connectivity index (χ0) is 17.6. The highest BCUT2D eigenvalue weighted by Crippen LogP contribution is 2.22. The van der Waals surface area contributed by atoms with Crippen LogP contribution in [0.1, 0.15) is 15.3 Å². The molecule has 0 radical (unpaired) electrons. The number of aryl methyl sites for hydroxylation is 1. The maximum atomic E-state index is 12.5. The molecule has 1 aliphatic rings. The maximum Gasteiger partial charge on any atom is 0.247 e. The van der Waals surface area contributed by atoms with E-state index in [-0.39, 0.29) is 11.8 Å². The second-order valence-electron chi connectivity index (χ2n) is 5.81. The number of rotatable bonds is 5. The Morgan fingerprint density at radius 2 is 2.04 bits per heavy atom. The number of carbonyl (C=O) groups is 2. The van der Waals surface area contributed by atoms with Crippen molar-refractivity contribution in [3.63, 3.8) is 0 Å². The second-order valence-corrected chi connectivity index (χ2v) is 8.13. The van der Waals surface area contributed by atoms with Gasteiger partial charge >= 0.3 is 0 Å². The monoisotopic (exact) mass is 372 g/mol. The Bertz CT molecular complexity index is 771. The Balaban J connectivity index is 1.58. The van der Waals surface area contributed by atoms with Crippen molar-refractivity contribution >= 4 is 41.0 Å². The summed E-state index contributed by atoms with van der Waals surface area (Å²) < 4.78 is 0. The van der Waals surface area contributed by atoms with E-state index < -0.39 is 6.04 Å². The minimum absolute atomic E-state index is 0.0948. The quantitative estimate of drug-likeness (QED) is 0.820. The molecule has 6 heteroatoms. The molecule has 1 N–H and O–H groups in total. The summed E-state index contributed by atoms with van der Waals surface area (Å²) >= 11 is 3.25. The first-order valence-electron chi connectivity index (χ1n) is 8.08. The Kier molecular flexibility index (Phi) is 5.94. The zero-order valence-electron chi connectivity index (χ0n) is 14.0. The average molecular weight is 373 g/mol. The Morgan fingerprint density at radius 3 is 2.76 bits per heavy atom. The van der Waals surface area contributed by atoms with E-state index in [1.165, 1.54) is 4.88 Å². The van der Waals surface area contributed by atoms with Crippen molar-refractivity contribution in [3.8, 4) is 0 Å². The largest absolute Gasteiger partial charge is 0.350 e. The molecule has 1 aliphatic heterocycles. The van der Waals surface area contributed by atoms with Crippen molar-refractivity contribution in [1.82, 2.24) is 10.2 Å². The van der Waals surface area contributed by atoms with Crippen molar-refractivity contribution in [2.24, 2.45) is 0 Å². The van der Waals surface area contributed by atoms with Crippen LogP contribution in [-0.4, -0.2) is 34.4 Å². The lowest BCUT2D eigenvalue weighted by Crippen LogP contribution is -2.46. The Hall–Kier alpha value is -2.05. The first kappa shape index (κ1) is 17.8. The van der Waals surface area contributed by atoms with Crippen molar-refractivity contribution in [1.29, 1.82) is 0 Å². The van der Waals surface area contributed by atoms with Crippen LogP contribution in [0.15, 0.2) is 48.5 Å².